The van der Waals surface area contributed by atoms with Gasteiger partial charge in [-0.3, -0.25) is 9.59 Å². The quantitative estimate of drug-likeness (QED) is 0.629. The Labute approximate surface area is 154 Å². The molecule has 126 valence electrons. The van der Waals surface area contributed by atoms with E-state index in [2.05, 4.69) is 10.6 Å². The van der Waals surface area contributed by atoms with Crippen molar-refractivity contribution in [2.45, 2.75) is 0 Å². The number of nitriles is 1. The lowest BCUT2D eigenvalue weighted by molar-refractivity contribution is -0.112. The van der Waals surface area contributed by atoms with Gasteiger partial charge < -0.3 is 10.6 Å². The van der Waals surface area contributed by atoms with Gasteiger partial charge in [-0.15, -0.1) is 0 Å². The van der Waals surface area contributed by atoms with Crippen LogP contribution in [0.5, 0.6) is 0 Å². The first-order valence-corrected chi connectivity index (χ1v) is 7.90. The second-order valence-corrected chi connectivity index (χ2v) is 5.79. The summed E-state index contributed by atoms with van der Waals surface area (Å²) in [6.07, 6.45) is 1.42. The van der Waals surface area contributed by atoms with Crippen molar-refractivity contribution in [2.24, 2.45) is 0 Å². The second-order valence-electron chi connectivity index (χ2n) is 4.95. The number of hydrogen-bond donors (Lipinski definition) is 2. The Balaban J connectivity index is 2.20. The third kappa shape index (κ3) is 4.83. The molecule has 5 nitrogen and oxygen atoms in total. The predicted octanol–water partition coefficient (Wildman–Crippen LogP) is 3.90. The van der Waals surface area contributed by atoms with Crippen LogP contribution in [0.25, 0.3) is 6.08 Å². The maximum Gasteiger partial charge on any atom is 0.266 e. The summed E-state index contributed by atoms with van der Waals surface area (Å²) in [5.41, 5.74) is 1.35. The van der Waals surface area contributed by atoms with Crippen molar-refractivity contribution >= 4 is 46.8 Å². The van der Waals surface area contributed by atoms with Crippen molar-refractivity contribution < 1.29 is 9.59 Å². The van der Waals surface area contributed by atoms with Gasteiger partial charge >= 0.3 is 0 Å². The zero-order chi connectivity index (χ0) is 18.4. The molecule has 0 unspecified atom stereocenters. The lowest BCUT2D eigenvalue weighted by Crippen LogP contribution is -2.17. The molecule has 0 fully saturated rings. The van der Waals surface area contributed by atoms with Crippen LogP contribution in [0.4, 0.5) is 5.69 Å². The molecular formula is C18H13Cl2N3O2. The highest BCUT2D eigenvalue weighted by molar-refractivity contribution is 6.36. The van der Waals surface area contributed by atoms with Gasteiger partial charge in [-0.2, -0.15) is 5.26 Å². The minimum absolute atomic E-state index is 0.0984. The average molecular weight is 374 g/mol. The molecule has 25 heavy (non-hydrogen) atoms. The van der Waals surface area contributed by atoms with Crippen molar-refractivity contribution in [3.63, 3.8) is 0 Å². The molecule has 0 atom stereocenters. The highest BCUT2D eigenvalue weighted by Crippen LogP contribution is 2.25. The third-order valence-corrected chi connectivity index (χ3v) is 3.80. The van der Waals surface area contributed by atoms with E-state index in [1.807, 2.05) is 6.07 Å². The first kappa shape index (κ1) is 18.5. The van der Waals surface area contributed by atoms with Gasteiger partial charge in [-0.05, 0) is 42.0 Å². The Morgan fingerprint density at radius 1 is 1.12 bits per heavy atom. The van der Waals surface area contributed by atoms with Gasteiger partial charge in [0.15, 0.2) is 0 Å². The number of benzene rings is 2. The van der Waals surface area contributed by atoms with E-state index in [4.69, 9.17) is 23.2 Å². The molecule has 2 rings (SSSR count). The molecule has 0 saturated carbocycles. The fraction of sp³-hybridized carbons (Fsp3) is 0.0556. The largest absolute Gasteiger partial charge is 0.355 e. The van der Waals surface area contributed by atoms with Gasteiger partial charge in [0.05, 0.1) is 10.7 Å². The molecule has 0 bridgehead atoms. The van der Waals surface area contributed by atoms with Crippen LogP contribution >= 0.6 is 23.2 Å². The Kier molecular flexibility index (Phi) is 6.18. The first-order chi connectivity index (χ1) is 11.9. The van der Waals surface area contributed by atoms with Gasteiger partial charge in [0.25, 0.3) is 11.8 Å². The van der Waals surface area contributed by atoms with Gasteiger partial charge in [-0.1, -0.05) is 35.3 Å². The van der Waals surface area contributed by atoms with E-state index in [1.54, 1.807) is 36.4 Å². The average Bonchev–Trinajstić information content (AvgIpc) is 2.61. The summed E-state index contributed by atoms with van der Waals surface area (Å²) in [5.74, 6) is -0.812. The fourth-order valence-corrected chi connectivity index (χ4v) is 2.43. The molecule has 0 saturated heterocycles. The summed E-state index contributed by atoms with van der Waals surface area (Å²) in [6, 6.07) is 13.0. The second kappa shape index (κ2) is 8.34. The van der Waals surface area contributed by atoms with Crippen LogP contribution in [0.1, 0.15) is 15.9 Å². The van der Waals surface area contributed by atoms with E-state index in [1.165, 1.54) is 19.2 Å². The van der Waals surface area contributed by atoms with Crippen LogP contribution in [-0.4, -0.2) is 18.9 Å². The molecule has 0 heterocycles. The van der Waals surface area contributed by atoms with E-state index in [0.29, 0.717) is 21.8 Å². The van der Waals surface area contributed by atoms with E-state index in [9.17, 15) is 14.9 Å². The van der Waals surface area contributed by atoms with E-state index < -0.39 is 5.91 Å². The number of hydrogen-bond acceptors (Lipinski definition) is 3. The Morgan fingerprint density at radius 3 is 2.36 bits per heavy atom. The summed E-state index contributed by atoms with van der Waals surface area (Å²) < 4.78 is 0. The molecule has 0 aliphatic carbocycles. The van der Waals surface area contributed by atoms with Crippen molar-refractivity contribution in [2.75, 3.05) is 12.4 Å². The summed E-state index contributed by atoms with van der Waals surface area (Å²) in [4.78, 5) is 23.8. The maximum atomic E-state index is 12.2. The van der Waals surface area contributed by atoms with Crippen LogP contribution in [0.3, 0.4) is 0 Å². The van der Waals surface area contributed by atoms with Gasteiger partial charge in [0.2, 0.25) is 0 Å². The van der Waals surface area contributed by atoms with Gasteiger partial charge in [0, 0.05) is 17.6 Å². The monoisotopic (exact) mass is 373 g/mol. The standard InChI is InChI=1S/C18H13Cl2N3O2/c1-22-17(24)12-4-2-11(3-5-12)8-13(10-21)18(25)23-16-7-6-14(19)9-15(16)20/h2-9H,1H3,(H,22,24)(H,23,25)/b13-8+. The number of nitrogens with one attached hydrogen (secondary N) is 2. The maximum absolute atomic E-state index is 12.2. The van der Waals surface area contributed by atoms with Crippen molar-refractivity contribution in [3.8, 4) is 6.07 Å². The summed E-state index contributed by atoms with van der Waals surface area (Å²) in [6.45, 7) is 0. The van der Waals surface area contributed by atoms with Crippen molar-refractivity contribution in [1.82, 2.24) is 5.32 Å². The zero-order valence-corrected chi connectivity index (χ0v) is 14.7. The SMILES string of the molecule is CNC(=O)c1ccc(/C=C(\C#N)C(=O)Nc2ccc(Cl)cc2Cl)cc1. The normalized spacial score (nSPS) is 10.7. The number of carbonyl (C=O) groups excluding carboxylic acids is 2. The van der Waals surface area contributed by atoms with Crippen LogP contribution < -0.4 is 10.6 Å². The molecule has 2 amide bonds. The molecule has 0 aromatic heterocycles. The van der Waals surface area contributed by atoms with E-state index >= 15 is 0 Å². The lowest BCUT2D eigenvalue weighted by atomic mass is 10.1. The minimum Gasteiger partial charge on any atom is -0.355 e. The number of amides is 2. The number of halogens is 2. The van der Waals surface area contributed by atoms with E-state index in [0.717, 1.165) is 0 Å². The Hall–Kier alpha value is -2.81. The molecule has 0 spiro atoms. The Morgan fingerprint density at radius 2 is 1.80 bits per heavy atom. The number of nitrogens with zero attached hydrogens (tertiary/aromatic N) is 1. The first-order valence-electron chi connectivity index (χ1n) is 7.15. The fourth-order valence-electron chi connectivity index (χ4n) is 1.97. The molecular weight excluding hydrogens is 361 g/mol. The van der Waals surface area contributed by atoms with Crippen LogP contribution in [-0.2, 0) is 4.79 Å². The summed E-state index contributed by atoms with van der Waals surface area (Å²) in [7, 11) is 1.54. The number of carbonyl (C=O) groups is 2. The summed E-state index contributed by atoms with van der Waals surface area (Å²) >= 11 is 11.8. The minimum atomic E-state index is -0.595. The predicted molar refractivity (Wildman–Crippen MR) is 98.5 cm³/mol. The third-order valence-electron chi connectivity index (χ3n) is 3.26. The van der Waals surface area contributed by atoms with Gasteiger partial charge in [-0.25, -0.2) is 0 Å². The lowest BCUT2D eigenvalue weighted by Gasteiger charge is -2.07. The van der Waals surface area contributed by atoms with Gasteiger partial charge in [0.1, 0.15) is 11.6 Å². The van der Waals surface area contributed by atoms with Crippen LogP contribution in [0.15, 0.2) is 48.0 Å². The highest BCUT2D eigenvalue weighted by atomic mass is 35.5. The molecule has 2 N–H and O–H groups in total. The van der Waals surface area contributed by atoms with E-state index in [-0.39, 0.29) is 16.5 Å². The van der Waals surface area contributed by atoms with Crippen LogP contribution in [0.2, 0.25) is 10.0 Å². The highest BCUT2D eigenvalue weighted by Gasteiger charge is 2.12. The molecule has 0 aliphatic rings. The number of anilines is 1. The van der Waals surface area contributed by atoms with Crippen molar-refractivity contribution in [3.05, 3.63) is 69.2 Å². The van der Waals surface area contributed by atoms with Crippen LogP contribution in [0, 0.1) is 11.3 Å². The number of rotatable bonds is 4. The molecule has 2 aromatic rings. The molecule has 0 radical (unpaired) electrons. The Bertz CT molecular complexity index is 884. The van der Waals surface area contributed by atoms with Crippen molar-refractivity contribution in [1.29, 1.82) is 5.26 Å². The molecule has 0 aliphatic heterocycles. The summed E-state index contributed by atoms with van der Waals surface area (Å²) in [5, 5.41) is 15.0. The molecule has 7 heteroatoms. The smallest absolute Gasteiger partial charge is 0.266 e. The topological polar surface area (TPSA) is 82.0 Å². The molecule has 2 aromatic carbocycles. The zero-order valence-electron chi connectivity index (χ0n) is 13.1.